The van der Waals surface area contributed by atoms with Gasteiger partial charge in [-0.1, -0.05) is 12.5 Å². The van der Waals surface area contributed by atoms with Gasteiger partial charge in [0.2, 0.25) is 0 Å². The van der Waals surface area contributed by atoms with Crippen LogP contribution in [-0.2, 0) is 0 Å². The normalized spacial score (nSPS) is 16.0. The molecule has 1 fully saturated rings. The Labute approximate surface area is 110 Å². The molecule has 1 aromatic rings. The monoisotopic (exact) mass is 265 g/mol. The maximum absolute atomic E-state index is 11.2. The molecule has 19 heavy (non-hydrogen) atoms. The number of aromatic carboxylic acids is 1. The summed E-state index contributed by atoms with van der Waals surface area (Å²) in [5.74, 6) is -1.24. The van der Waals surface area contributed by atoms with Crippen LogP contribution in [0.3, 0.4) is 0 Å². The van der Waals surface area contributed by atoms with Gasteiger partial charge in [-0.05, 0) is 31.7 Å². The molecule has 6 nitrogen and oxygen atoms in total. The van der Waals surface area contributed by atoms with Crippen molar-refractivity contribution in [3.8, 4) is 5.75 Å². The molecule has 2 rings (SSSR count). The fourth-order valence-electron chi connectivity index (χ4n) is 2.35. The topological polar surface area (TPSA) is 89.7 Å². The van der Waals surface area contributed by atoms with Crippen molar-refractivity contribution < 1.29 is 19.6 Å². The summed E-state index contributed by atoms with van der Waals surface area (Å²) in [4.78, 5) is 21.4. The Morgan fingerprint density at radius 3 is 2.58 bits per heavy atom. The van der Waals surface area contributed by atoms with E-state index in [1.54, 1.807) is 0 Å². The minimum atomic E-state index is -1.34. The van der Waals surface area contributed by atoms with Crippen LogP contribution in [0.5, 0.6) is 5.75 Å². The summed E-state index contributed by atoms with van der Waals surface area (Å²) in [6.45, 7) is 0. The summed E-state index contributed by atoms with van der Waals surface area (Å²) >= 11 is 0. The highest BCUT2D eigenvalue weighted by molar-refractivity contribution is 5.95. The minimum Gasteiger partial charge on any atom is -0.489 e. The molecule has 0 atom stereocenters. The molecule has 0 aromatic heterocycles. The summed E-state index contributed by atoms with van der Waals surface area (Å²) in [6.07, 6.45) is 4.92. The zero-order chi connectivity index (χ0) is 13.8. The van der Waals surface area contributed by atoms with E-state index in [-0.39, 0.29) is 17.4 Å². The molecular weight excluding hydrogens is 250 g/mol. The van der Waals surface area contributed by atoms with Crippen LogP contribution in [0.4, 0.5) is 5.69 Å². The molecule has 0 aliphatic heterocycles. The van der Waals surface area contributed by atoms with E-state index in [2.05, 4.69) is 0 Å². The van der Waals surface area contributed by atoms with Crippen LogP contribution in [0.25, 0.3) is 0 Å². The molecule has 6 heteroatoms. The van der Waals surface area contributed by atoms with Crippen molar-refractivity contribution in [3.05, 3.63) is 33.9 Å². The minimum absolute atomic E-state index is 0.0474. The van der Waals surface area contributed by atoms with E-state index >= 15 is 0 Å². The molecular formula is C13H15NO5. The number of ether oxygens (including phenoxy) is 1. The number of carboxylic acids is 1. The maximum atomic E-state index is 11.2. The second kappa shape index (κ2) is 5.69. The van der Waals surface area contributed by atoms with Gasteiger partial charge in [-0.15, -0.1) is 0 Å². The second-order valence-electron chi connectivity index (χ2n) is 4.59. The molecule has 1 N–H and O–H groups in total. The summed E-state index contributed by atoms with van der Waals surface area (Å²) in [5.41, 5.74) is -0.793. The number of hydrogen-bond acceptors (Lipinski definition) is 4. The zero-order valence-corrected chi connectivity index (χ0v) is 10.4. The van der Waals surface area contributed by atoms with Crippen molar-refractivity contribution >= 4 is 11.7 Å². The maximum Gasteiger partial charge on any atom is 0.346 e. The molecule has 1 aromatic carbocycles. The number of benzene rings is 1. The van der Waals surface area contributed by atoms with Crippen molar-refractivity contribution in [3.63, 3.8) is 0 Å². The summed E-state index contributed by atoms with van der Waals surface area (Å²) in [5, 5.41) is 20.0. The average Bonchev–Trinajstić information content (AvgIpc) is 2.39. The first kappa shape index (κ1) is 13.3. The summed E-state index contributed by atoms with van der Waals surface area (Å²) < 4.78 is 5.65. The van der Waals surface area contributed by atoms with E-state index in [4.69, 9.17) is 9.84 Å². The Kier molecular flexibility index (Phi) is 3.99. The fraction of sp³-hybridized carbons (Fsp3) is 0.462. The average molecular weight is 265 g/mol. The number of carbonyl (C=O) groups is 1. The van der Waals surface area contributed by atoms with Gasteiger partial charge in [-0.25, -0.2) is 4.79 Å². The molecule has 1 aliphatic carbocycles. The van der Waals surface area contributed by atoms with Gasteiger partial charge >= 0.3 is 5.97 Å². The third-order valence-corrected chi connectivity index (χ3v) is 3.26. The van der Waals surface area contributed by atoms with E-state index in [0.717, 1.165) is 32.1 Å². The molecule has 0 bridgehead atoms. The van der Waals surface area contributed by atoms with Gasteiger partial charge in [0.25, 0.3) is 5.69 Å². The van der Waals surface area contributed by atoms with Crippen LogP contribution in [0.1, 0.15) is 42.5 Å². The highest BCUT2D eigenvalue weighted by Gasteiger charge is 2.26. The standard InChI is InChI=1S/C13H15NO5/c15-13(16)12-10(14(17)18)7-4-8-11(12)19-9-5-2-1-3-6-9/h4,7-9H,1-3,5-6H2,(H,15,16). The van der Waals surface area contributed by atoms with Crippen LogP contribution in [0, 0.1) is 10.1 Å². The Morgan fingerprint density at radius 2 is 2.00 bits per heavy atom. The third-order valence-electron chi connectivity index (χ3n) is 3.26. The molecule has 0 heterocycles. The van der Waals surface area contributed by atoms with Gasteiger partial charge in [0, 0.05) is 6.07 Å². The number of carboxylic acid groups (broad SMARTS) is 1. The zero-order valence-electron chi connectivity index (χ0n) is 10.4. The molecule has 1 saturated carbocycles. The van der Waals surface area contributed by atoms with Gasteiger partial charge < -0.3 is 9.84 Å². The number of hydrogen-bond donors (Lipinski definition) is 1. The van der Waals surface area contributed by atoms with Crippen molar-refractivity contribution in [2.75, 3.05) is 0 Å². The van der Waals surface area contributed by atoms with Gasteiger partial charge in [0.05, 0.1) is 11.0 Å². The SMILES string of the molecule is O=C(O)c1c(OC2CCCCC2)cccc1[N+](=O)[O-]. The largest absolute Gasteiger partial charge is 0.489 e. The second-order valence-corrected chi connectivity index (χ2v) is 4.59. The Hall–Kier alpha value is -2.11. The molecule has 0 unspecified atom stereocenters. The van der Waals surface area contributed by atoms with Gasteiger partial charge in [0.15, 0.2) is 5.56 Å². The number of nitrogens with zero attached hydrogens (tertiary/aromatic N) is 1. The first-order chi connectivity index (χ1) is 9.09. The van der Waals surface area contributed by atoms with Crippen molar-refractivity contribution in [2.45, 2.75) is 38.2 Å². The highest BCUT2D eigenvalue weighted by Crippen LogP contribution is 2.31. The van der Waals surface area contributed by atoms with E-state index in [1.165, 1.54) is 18.2 Å². The molecule has 0 amide bonds. The summed E-state index contributed by atoms with van der Waals surface area (Å²) in [7, 11) is 0. The van der Waals surface area contributed by atoms with Crippen LogP contribution >= 0.6 is 0 Å². The van der Waals surface area contributed by atoms with Crippen LogP contribution in [0.15, 0.2) is 18.2 Å². The van der Waals surface area contributed by atoms with Gasteiger partial charge in [-0.2, -0.15) is 0 Å². The quantitative estimate of drug-likeness (QED) is 0.667. The highest BCUT2D eigenvalue weighted by atomic mass is 16.6. The van der Waals surface area contributed by atoms with Crippen LogP contribution in [-0.4, -0.2) is 22.1 Å². The number of nitro benzene ring substituents is 1. The smallest absolute Gasteiger partial charge is 0.346 e. The Bertz CT molecular complexity index is 494. The first-order valence-corrected chi connectivity index (χ1v) is 6.27. The van der Waals surface area contributed by atoms with E-state index < -0.39 is 16.6 Å². The Morgan fingerprint density at radius 1 is 1.32 bits per heavy atom. The van der Waals surface area contributed by atoms with Crippen LogP contribution < -0.4 is 4.74 Å². The Balaban J connectivity index is 2.30. The van der Waals surface area contributed by atoms with E-state index in [9.17, 15) is 14.9 Å². The lowest BCUT2D eigenvalue weighted by Crippen LogP contribution is -2.21. The molecule has 0 radical (unpaired) electrons. The lowest BCUT2D eigenvalue weighted by molar-refractivity contribution is -0.385. The van der Waals surface area contributed by atoms with Crippen molar-refractivity contribution in [2.24, 2.45) is 0 Å². The summed E-state index contributed by atoms with van der Waals surface area (Å²) in [6, 6.07) is 4.10. The number of rotatable bonds is 4. The molecule has 0 spiro atoms. The molecule has 1 aliphatic rings. The third kappa shape index (κ3) is 3.01. The van der Waals surface area contributed by atoms with E-state index in [0.29, 0.717) is 0 Å². The lowest BCUT2D eigenvalue weighted by atomic mass is 9.97. The first-order valence-electron chi connectivity index (χ1n) is 6.27. The number of nitro groups is 1. The predicted molar refractivity (Wildman–Crippen MR) is 67.6 cm³/mol. The van der Waals surface area contributed by atoms with Crippen LogP contribution in [0.2, 0.25) is 0 Å². The fourth-order valence-corrected chi connectivity index (χ4v) is 2.35. The molecule has 0 saturated heterocycles. The van der Waals surface area contributed by atoms with Crippen molar-refractivity contribution in [1.29, 1.82) is 0 Å². The van der Waals surface area contributed by atoms with E-state index in [1.807, 2.05) is 0 Å². The van der Waals surface area contributed by atoms with Gasteiger partial charge in [0.1, 0.15) is 5.75 Å². The predicted octanol–water partition coefficient (Wildman–Crippen LogP) is 3.00. The lowest BCUT2D eigenvalue weighted by Gasteiger charge is -2.23. The molecule has 102 valence electrons. The van der Waals surface area contributed by atoms with Crippen molar-refractivity contribution in [1.82, 2.24) is 0 Å². The van der Waals surface area contributed by atoms with Gasteiger partial charge in [-0.3, -0.25) is 10.1 Å².